The zero-order valence-electron chi connectivity index (χ0n) is 16.2. The molecule has 0 unspecified atom stereocenters. The molecule has 0 atom stereocenters. The van der Waals surface area contributed by atoms with Crippen molar-refractivity contribution in [3.63, 3.8) is 0 Å². The van der Waals surface area contributed by atoms with Crippen LogP contribution in [0.25, 0.3) is 10.9 Å². The molecule has 0 radical (unpaired) electrons. The first kappa shape index (κ1) is 18.1. The number of rotatable bonds is 5. The maximum Gasteiger partial charge on any atom is 0.256 e. The van der Waals surface area contributed by atoms with Crippen molar-refractivity contribution in [2.24, 2.45) is 13.0 Å². The lowest BCUT2D eigenvalue weighted by atomic mass is 10.1. The maximum absolute atomic E-state index is 13.3. The van der Waals surface area contributed by atoms with Crippen molar-refractivity contribution in [2.45, 2.75) is 34.2 Å². The van der Waals surface area contributed by atoms with Gasteiger partial charge in [0.1, 0.15) is 0 Å². The van der Waals surface area contributed by atoms with Crippen molar-refractivity contribution in [1.82, 2.24) is 19.7 Å². The summed E-state index contributed by atoms with van der Waals surface area (Å²) in [6.07, 6.45) is 3.77. The van der Waals surface area contributed by atoms with Gasteiger partial charge in [-0.2, -0.15) is 5.10 Å². The van der Waals surface area contributed by atoms with E-state index in [0.717, 1.165) is 27.7 Å². The molecular formula is C21H26N4O. The fraction of sp³-hybridized carbons (Fsp3) is 0.381. The molecule has 136 valence electrons. The van der Waals surface area contributed by atoms with Gasteiger partial charge in [0.25, 0.3) is 5.91 Å². The van der Waals surface area contributed by atoms with Gasteiger partial charge in [-0.3, -0.25) is 14.5 Å². The SMILES string of the molecule is Cc1ccc2nc(C)c(C(=O)N(Cc3cnn(C)c3)CC(C)C)cc2c1. The van der Waals surface area contributed by atoms with Crippen LogP contribution < -0.4 is 0 Å². The number of nitrogens with zero attached hydrogens (tertiary/aromatic N) is 4. The number of aryl methyl sites for hydroxylation is 3. The number of fused-ring (bicyclic) bond motifs is 1. The second-order valence-electron chi connectivity index (χ2n) is 7.42. The van der Waals surface area contributed by atoms with Gasteiger partial charge in [0, 0.05) is 37.3 Å². The minimum absolute atomic E-state index is 0.0240. The Morgan fingerprint density at radius 2 is 2.00 bits per heavy atom. The monoisotopic (exact) mass is 350 g/mol. The number of carbonyl (C=O) groups excluding carboxylic acids is 1. The fourth-order valence-electron chi connectivity index (χ4n) is 3.21. The topological polar surface area (TPSA) is 51.0 Å². The van der Waals surface area contributed by atoms with Crippen molar-refractivity contribution >= 4 is 16.8 Å². The number of carbonyl (C=O) groups is 1. The highest BCUT2D eigenvalue weighted by atomic mass is 16.2. The lowest BCUT2D eigenvalue weighted by Gasteiger charge is -2.25. The number of hydrogen-bond donors (Lipinski definition) is 0. The van der Waals surface area contributed by atoms with Crippen LogP contribution in [0, 0.1) is 19.8 Å². The van der Waals surface area contributed by atoms with Crippen molar-refractivity contribution in [3.8, 4) is 0 Å². The van der Waals surface area contributed by atoms with E-state index < -0.39 is 0 Å². The van der Waals surface area contributed by atoms with Crippen LogP contribution in [0.5, 0.6) is 0 Å². The zero-order valence-corrected chi connectivity index (χ0v) is 16.2. The molecule has 2 aromatic heterocycles. The van der Waals surface area contributed by atoms with Crippen LogP contribution in [0.1, 0.15) is 41.0 Å². The molecular weight excluding hydrogens is 324 g/mol. The molecule has 0 aliphatic heterocycles. The second-order valence-corrected chi connectivity index (χ2v) is 7.42. The van der Waals surface area contributed by atoms with Gasteiger partial charge < -0.3 is 4.90 Å². The zero-order chi connectivity index (χ0) is 18.8. The summed E-state index contributed by atoms with van der Waals surface area (Å²) < 4.78 is 1.76. The molecule has 0 fully saturated rings. The highest BCUT2D eigenvalue weighted by Crippen LogP contribution is 2.21. The van der Waals surface area contributed by atoms with E-state index in [4.69, 9.17) is 0 Å². The lowest BCUT2D eigenvalue weighted by Crippen LogP contribution is -2.34. The summed E-state index contributed by atoms with van der Waals surface area (Å²) >= 11 is 0. The van der Waals surface area contributed by atoms with Gasteiger partial charge in [-0.15, -0.1) is 0 Å². The highest BCUT2D eigenvalue weighted by molar-refractivity contribution is 5.98. The van der Waals surface area contributed by atoms with Gasteiger partial charge in [0.05, 0.1) is 23.0 Å². The summed E-state index contributed by atoms with van der Waals surface area (Å²) in [7, 11) is 1.89. The smallest absolute Gasteiger partial charge is 0.256 e. The van der Waals surface area contributed by atoms with Crippen LogP contribution in [-0.4, -0.2) is 32.1 Å². The summed E-state index contributed by atoms with van der Waals surface area (Å²) in [5.41, 5.74) is 4.56. The van der Waals surface area contributed by atoms with Gasteiger partial charge in [0.15, 0.2) is 0 Å². The Morgan fingerprint density at radius 3 is 2.65 bits per heavy atom. The molecule has 5 nitrogen and oxygen atoms in total. The van der Waals surface area contributed by atoms with Crippen LogP contribution >= 0.6 is 0 Å². The average Bonchev–Trinajstić information content (AvgIpc) is 2.98. The third-order valence-corrected chi connectivity index (χ3v) is 4.40. The molecule has 0 aliphatic carbocycles. The fourth-order valence-corrected chi connectivity index (χ4v) is 3.21. The van der Waals surface area contributed by atoms with Gasteiger partial charge in [-0.25, -0.2) is 0 Å². The minimum atomic E-state index is 0.0240. The van der Waals surface area contributed by atoms with Crippen LogP contribution in [0.3, 0.4) is 0 Å². The molecule has 0 saturated heterocycles. The van der Waals surface area contributed by atoms with Crippen LogP contribution in [0.2, 0.25) is 0 Å². The number of pyridine rings is 1. The molecule has 2 heterocycles. The molecule has 26 heavy (non-hydrogen) atoms. The van der Waals surface area contributed by atoms with Gasteiger partial charge in [-0.1, -0.05) is 25.5 Å². The molecule has 0 aliphatic rings. The first-order valence-corrected chi connectivity index (χ1v) is 8.98. The molecule has 3 rings (SSSR count). The lowest BCUT2D eigenvalue weighted by molar-refractivity contribution is 0.0721. The van der Waals surface area contributed by atoms with E-state index in [1.54, 1.807) is 4.68 Å². The molecule has 0 N–H and O–H groups in total. The van der Waals surface area contributed by atoms with E-state index in [9.17, 15) is 4.79 Å². The second kappa shape index (κ2) is 7.28. The Morgan fingerprint density at radius 1 is 1.23 bits per heavy atom. The number of amides is 1. The van der Waals surface area contributed by atoms with Crippen molar-refractivity contribution in [2.75, 3.05) is 6.54 Å². The molecule has 3 aromatic rings. The Bertz CT molecular complexity index is 942. The maximum atomic E-state index is 13.3. The summed E-state index contributed by atoms with van der Waals surface area (Å²) in [4.78, 5) is 19.8. The van der Waals surface area contributed by atoms with E-state index in [1.165, 1.54) is 0 Å². The predicted octanol–water partition coefficient (Wildman–Crippen LogP) is 3.88. The summed E-state index contributed by atoms with van der Waals surface area (Å²) in [5, 5.41) is 5.22. The summed E-state index contributed by atoms with van der Waals surface area (Å²) in [5.74, 6) is 0.405. The van der Waals surface area contributed by atoms with E-state index in [1.807, 2.05) is 56.4 Å². The Balaban J connectivity index is 1.97. The Hall–Kier alpha value is -2.69. The molecule has 0 saturated carbocycles. The minimum Gasteiger partial charge on any atom is -0.334 e. The normalized spacial score (nSPS) is 11.3. The Labute approximate surface area is 154 Å². The number of aromatic nitrogens is 3. The van der Waals surface area contributed by atoms with Gasteiger partial charge in [-0.05, 0) is 38.0 Å². The summed E-state index contributed by atoms with van der Waals surface area (Å²) in [6, 6.07) is 8.10. The average molecular weight is 350 g/mol. The van der Waals surface area contributed by atoms with Crippen LogP contribution in [-0.2, 0) is 13.6 Å². The van der Waals surface area contributed by atoms with Crippen LogP contribution in [0.4, 0.5) is 0 Å². The quantitative estimate of drug-likeness (QED) is 0.701. The van der Waals surface area contributed by atoms with E-state index in [2.05, 4.69) is 30.0 Å². The standard InChI is InChI=1S/C21H26N4O/c1-14(2)11-25(13-17-10-22-24(5)12-17)21(26)19-9-18-8-15(3)6-7-20(18)23-16(19)4/h6-10,12,14H,11,13H2,1-5H3. The third kappa shape index (κ3) is 3.93. The first-order valence-electron chi connectivity index (χ1n) is 8.98. The molecule has 1 aromatic carbocycles. The van der Waals surface area contributed by atoms with E-state index in [-0.39, 0.29) is 5.91 Å². The molecule has 0 spiro atoms. The highest BCUT2D eigenvalue weighted by Gasteiger charge is 2.21. The number of hydrogen-bond acceptors (Lipinski definition) is 3. The summed E-state index contributed by atoms with van der Waals surface area (Å²) in [6.45, 7) is 9.45. The van der Waals surface area contributed by atoms with Crippen molar-refractivity contribution in [3.05, 3.63) is 59.0 Å². The van der Waals surface area contributed by atoms with Crippen molar-refractivity contribution < 1.29 is 4.79 Å². The van der Waals surface area contributed by atoms with Gasteiger partial charge in [0.2, 0.25) is 0 Å². The number of benzene rings is 1. The Kier molecular flexibility index (Phi) is 5.07. The van der Waals surface area contributed by atoms with E-state index in [0.29, 0.717) is 24.6 Å². The first-order chi connectivity index (χ1) is 12.3. The van der Waals surface area contributed by atoms with E-state index >= 15 is 0 Å². The molecule has 0 bridgehead atoms. The molecule has 1 amide bonds. The largest absolute Gasteiger partial charge is 0.334 e. The predicted molar refractivity (Wildman–Crippen MR) is 104 cm³/mol. The molecule has 5 heteroatoms. The van der Waals surface area contributed by atoms with Gasteiger partial charge >= 0.3 is 0 Å². The van der Waals surface area contributed by atoms with Crippen LogP contribution in [0.15, 0.2) is 36.7 Å². The van der Waals surface area contributed by atoms with Crippen molar-refractivity contribution in [1.29, 1.82) is 0 Å². The third-order valence-electron chi connectivity index (χ3n) is 4.40.